The number of hydrogen-bond donors (Lipinski definition) is 0. The van der Waals surface area contributed by atoms with Crippen LogP contribution in [0.15, 0.2) is 82.7 Å². The lowest BCUT2D eigenvalue weighted by atomic mass is 10.1. The van der Waals surface area contributed by atoms with E-state index in [0.717, 1.165) is 29.0 Å². The third kappa shape index (κ3) is 5.29. The fraction of sp³-hybridized carbons (Fsp3) is 0.185. The molecule has 1 fully saturated rings. The van der Waals surface area contributed by atoms with Gasteiger partial charge >= 0.3 is 0 Å². The van der Waals surface area contributed by atoms with E-state index in [0.29, 0.717) is 16.7 Å². The number of nitrogens with zero attached hydrogens (tertiary/aromatic N) is 2. The highest BCUT2D eigenvalue weighted by molar-refractivity contribution is 8.18. The number of ether oxygens (including phenoxy) is 1. The van der Waals surface area contributed by atoms with Crippen LogP contribution in [0.4, 0.5) is 5.69 Å². The van der Waals surface area contributed by atoms with E-state index in [9.17, 15) is 4.79 Å². The van der Waals surface area contributed by atoms with Crippen molar-refractivity contribution < 1.29 is 9.53 Å². The van der Waals surface area contributed by atoms with Crippen molar-refractivity contribution in [2.75, 3.05) is 7.05 Å². The molecule has 0 spiro atoms. The van der Waals surface area contributed by atoms with E-state index in [4.69, 9.17) is 4.74 Å². The molecule has 32 heavy (non-hydrogen) atoms. The van der Waals surface area contributed by atoms with Crippen molar-refractivity contribution in [2.24, 2.45) is 4.99 Å². The van der Waals surface area contributed by atoms with Crippen LogP contribution in [0.2, 0.25) is 0 Å². The van der Waals surface area contributed by atoms with Gasteiger partial charge in [-0.2, -0.15) is 0 Å². The molecule has 0 aliphatic carbocycles. The molecule has 5 heteroatoms. The van der Waals surface area contributed by atoms with Gasteiger partial charge in [-0.15, -0.1) is 0 Å². The van der Waals surface area contributed by atoms with Crippen LogP contribution in [-0.2, 0) is 17.8 Å². The average Bonchev–Trinajstić information content (AvgIpc) is 3.07. The zero-order valence-electron chi connectivity index (χ0n) is 18.5. The summed E-state index contributed by atoms with van der Waals surface area (Å²) in [5, 5.41) is 0.684. The van der Waals surface area contributed by atoms with Gasteiger partial charge in [-0.05, 0) is 72.1 Å². The minimum absolute atomic E-state index is 0.0429. The second-order valence-corrected chi connectivity index (χ2v) is 8.75. The summed E-state index contributed by atoms with van der Waals surface area (Å²) in [4.78, 5) is 19.6. The fourth-order valence-corrected chi connectivity index (χ4v) is 4.34. The molecule has 162 valence electrons. The first kappa shape index (κ1) is 21.9. The normalized spacial score (nSPS) is 16.2. The number of amidine groups is 1. The molecule has 0 bridgehead atoms. The quantitative estimate of drug-likeness (QED) is 0.417. The van der Waals surface area contributed by atoms with Gasteiger partial charge in [0.2, 0.25) is 0 Å². The average molecular weight is 443 g/mol. The molecule has 4 rings (SSSR count). The maximum Gasteiger partial charge on any atom is 0.266 e. The Labute approximate surface area is 193 Å². The van der Waals surface area contributed by atoms with Gasteiger partial charge in [-0.25, -0.2) is 4.99 Å². The first-order valence-electron chi connectivity index (χ1n) is 10.7. The van der Waals surface area contributed by atoms with E-state index in [1.54, 1.807) is 11.9 Å². The van der Waals surface area contributed by atoms with E-state index in [2.05, 4.69) is 49.2 Å². The molecule has 1 heterocycles. The molecular formula is C27H26N2O2S. The predicted octanol–water partition coefficient (Wildman–Crippen LogP) is 6.37. The molecular weight excluding hydrogens is 416 g/mol. The van der Waals surface area contributed by atoms with E-state index >= 15 is 0 Å². The number of benzene rings is 3. The summed E-state index contributed by atoms with van der Waals surface area (Å²) < 4.78 is 5.89. The zero-order valence-corrected chi connectivity index (χ0v) is 19.4. The standard InChI is InChI=1S/C27H26N2O2S/c1-4-20-8-12-23(13-9-20)28-27-29(3)26(30)25(32-27)17-21-10-14-24(15-11-21)31-18-22-7-5-6-19(2)16-22/h5-17H,4,18H2,1-3H3/b25-17+,28-27?. The molecule has 3 aromatic carbocycles. The summed E-state index contributed by atoms with van der Waals surface area (Å²) >= 11 is 1.40. The van der Waals surface area contributed by atoms with E-state index in [1.165, 1.54) is 22.9 Å². The number of rotatable bonds is 6. The summed E-state index contributed by atoms with van der Waals surface area (Å²) in [5.41, 5.74) is 5.43. The monoisotopic (exact) mass is 442 g/mol. The highest BCUT2D eigenvalue weighted by Gasteiger charge is 2.30. The Balaban J connectivity index is 1.43. The molecule has 1 aliphatic heterocycles. The number of thioether (sulfide) groups is 1. The van der Waals surface area contributed by atoms with Gasteiger partial charge in [0.15, 0.2) is 5.17 Å². The van der Waals surface area contributed by atoms with Gasteiger partial charge in [0, 0.05) is 7.05 Å². The molecule has 1 saturated heterocycles. The van der Waals surface area contributed by atoms with Crippen LogP contribution in [0.25, 0.3) is 6.08 Å². The molecule has 0 saturated carbocycles. The third-order valence-corrected chi connectivity index (χ3v) is 6.30. The van der Waals surface area contributed by atoms with Crippen LogP contribution in [0, 0.1) is 6.92 Å². The Morgan fingerprint density at radius 2 is 1.75 bits per heavy atom. The molecule has 1 amide bonds. The van der Waals surface area contributed by atoms with Gasteiger partial charge in [0.05, 0.1) is 10.6 Å². The molecule has 0 atom stereocenters. The van der Waals surface area contributed by atoms with Gasteiger partial charge in [-0.3, -0.25) is 9.69 Å². The number of aliphatic imine (C=N–C) groups is 1. The minimum Gasteiger partial charge on any atom is -0.489 e. The highest BCUT2D eigenvalue weighted by Crippen LogP contribution is 2.33. The Kier molecular flexibility index (Phi) is 6.76. The van der Waals surface area contributed by atoms with Crippen LogP contribution in [0.1, 0.15) is 29.2 Å². The van der Waals surface area contributed by atoms with Gasteiger partial charge < -0.3 is 4.74 Å². The van der Waals surface area contributed by atoms with Crippen LogP contribution < -0.4 is 4.74 Å². The lowest BCUT2D eigenvalue weighted by Gasteiger charge is -2.07. The Bertz CT molecular complexity index is 1170. The zero-order chi connectivity index (χ0) is 22.5. The van der Waals surface area contributed by atoms with Crippen LogP contribution in [-0.4, -0.2) is 23.0 Å². The summed E-state index contributed by atoms with van der Waals surface area (Å²) in [6.45, 7) is 4.73. The van der Waals surface area contributed by atoms with E-state index in [1.807, 2.05) is 48.5 Å². The summed E-state index contributed by atoms with van der Waals surface area (Å²) in [7, 11) is 1.76. The number of hydrogen-bond acceptors (Lipinski definition) is 4. The fourth-order valence-electron chi connectivity index (χ4n) is 3.35. The van der Waals surface area contributed by atoms with Gasteiger partial charge in [0.1, 0.15) is 12.4 Å². The summed E-state index contributed by atoms with van der Waals surface area (Å²) in [6, 6.07) is 24.2. The number of likely N-dealkylation sites (N-methyl/N-ethyl adjacent to an activating group) is 1. The maximum absolute atomic E-state index is 12.7. The van der Waals surface area contributed by atoms with Crippen molar-refractivity contribution in [1.82, 2.24) is 4.90 Å². The number of carbonyl (C=O) groups excluding carboxylic acids is 1. The predicted molar refractivity (Wildman–Crippen MR) is 133 cm³/mol. The molecule has 0 aromatic heterocycles. The van der Waals surface area contributed by atoms with Crippen molar-refractivity contribution in [3.63, 3.8) is 0 Å². The van der Waals surface area contributed by atoms with Crippen molar-refractivity contribution >= 4 is 34.6 Å². The summed E-state index contributed by atoms with van der Waals surface area (Å²) in [6.07, 6.45) is 2.89. The first-order valence-corrected chi connectivity index (χ1v) is 11.5. The Morgan fingerprint density at radius 3 is 2.44 bits per heavy atom. The number of carbonyl (C=O) groups is 1. The number of aryl methyl sites for hydroxylation is 2. The SMILES string of the molecule is CCc1ccc(N=C2S/C(=C/c3ccc(OCc4cccc(C)c4)cc3)C(=O)N2C)cc1. The van der Waals surface area contributed by atoms with Crippen LogP contribution in [0.5, 0.6) is 5.75 Å². The second-order valence-electron chi connectivity index (χ2n) is 7.74. The van der Waals surface area contributed by atoms with Crippen molar-refractivity contribution in [1.29, 1.82) is 0 Å². The lowest BCUT2D eigenvalue weighted by Crippen LogP contribution is -2.23. The minimum atomic E-state index is -0.0429. The summed E-state index contributed by atoms with van der Waals surface area (Å²) in [5.74, 6) is 0.757. The van der Waals surface area contributed by atoms with E-state index < -0.39 is 0 Å². The van der Waals surface area contributed by atoms with Gasteiger partial charge in [-0.1, -0.05) is 61.0 Å². The smallest absolute Gasteiger partial charge is 0.266 e. The van der Waals surface area contributed by atoms with Crippen molar-refractivity contribution in [3.05, 3.63) is 100.0 Å². The lowest BCUT2D eigenvalue weighted by molar-refractivity contribution is -0.121. The molecule has 4 nitrogen and oxygen atoms in total. The van der Waals surface area contributed by atoms with Crippen molar-refractivity contribution in [2.45, 2.75) is 26.9 Å². The molecule has 1 aliphatic rings. The second kappa shape index (κ2) is 9.88. The van der Waals surface area contributed by atoms with Crippen LogP contribution >= 0.6 is 11.8 Å². The molecule has 0 unspecified atom stereocenters. The van der Waals surface area contributed by atoms with E-state index in [-0.39, 0.29) is 5.91 Å². The highest BCUT2D eigenvalue weighted by atomic mass is 32.2. The molecule has 0 radical (unpaired) electrons. The Morgan fingerprint density at radius 1 is 1.00 bits per heavy atom. The largest absolute Gasteiger partial charge is 0.489 e. The van der Waals surface area contributed by atoms with Crippen LogP contribution in [0.3, 0.4) is 0 Å². The maximum atomic E-state index is 12.7. The topological polar surface area (TPSA) is 41.9 Å². The number of amides is 1. The third-order valence-electron chi connectivity index (χ3n) is 5.24. The van der Waals surface area contributed by atoms with Crippen molar-refractivity contribution in [3.8, 4) is 5.75 Å². The molecule has 3 aromatic rings. The molecule has 0 N–H and O–H groups in total. The Hall–Kier alpha value is -3.31. The first-order chi connectivity index (χ1) is 15.5. The van der Waals surface area contributed by atoms with Gasteiger partial charge in [0.25, 0.3) is 5.91 Å².